The van der Waals surface area contributed by atoms with E-state index in [1.165, 1.54) is 10.4 Å². The molecule has 1 atom stereocenters. The number of rotatable bonds is 2. The predicted octanol–water partition coefficient (Wildman–Crippen LogP) is 2.47. The molecule has 2 aromatic heterocycles. The number of thiophene rings is 1. The first-order chi connectivity index (χ1) is 8.79. The Morgan fingerprint density at radius 3 is 2.94 bits per heavy atom. The molecule has 1 unspecified atom stereocenters. The van der Waals surface area contributed by atoms with Gasteiger partial charge in [0, 0.05) is 23.8 Å². The van der Waals surface area contributed by atoms with Crippen LogP contribution in [0.1, 0.15) is 33.8 Å². The maximum absolute atomic E-state index is 10.6. The number of carbonyl (C=O) groups excluding carboxylic acids is 1. The highest BCUT2D eigenvalue weighted by Gasteiger charge is 2.26. The second-order valence-corrected chi connectivity index (χ2v) is 5.35. The van der Waals surface area contributed by atoms with Gasteiger partial charge in [-0.2, -0.15) is 0 Å². The van der Waals surface area contributed by atoms with Crippen LogP contribution >= 0.6 is 11.3 Å². The molecule has 0 fully saturated rings. The van der Waals surface area contributed by atoms with Crippen molar-refractivity contribution in [2.45, 2.75) is 19.4 Å². The van der Waals surface area contributed by atoms with Gasteiger partial charge in [0.05, 0.1) is 11.6 Å². The lowest BCUT2D eigenvalue weighted by atomic mass is 10.0. The lowest BCUT2D eigenvalue weighted by Crippen LogP contribution is -2.34. The fourth-order valence-corrected chi connectivity index (χ4v) is 3.29. The molecule has 0 N–H and O–H groups in total. The van der Waals surface area contributed by atoms with Crippen molar-refractivity contribution in [3.05, 3.63) is 39.8 Å². The smallest absolute Gasteiger partial charge is 0.225 e. The van der Waals surface area contributed by atoms with Crippen LogP contribution in [0.3, 0.4) is 0 Å². The molecule has 1 aliphatic rings. The zero-order valence-corrected chi connectivity index (χ0v) is 10.9. The molecule has 0 radical (unpaired) electrons. The summed E-state index contributed by atoms with van der Waals surface area (Å²) in [6, 6.07) is 2.47. The molecule has 4 nitrogen and oxygen atoms in total. The first kappa shape index (κ1) is 11.3. The Hall–Kier alpha value is -1.75. The van der Waals surface area contributed by atoms with Crippen LogP contribution in [0.15, 0.2) is 23.8 Å². The second-order valence-electron chi connectivity index (χ2n) is 4.35. The molecule has 0 bridgehead atoms. The first-order valence-electron chi connectivity index (χ1n) is 5.89. The van der Waals surface area contributed by atoms with Crippen molar-refractivity contribution < 1.29 is 4.79 Å². The number of fused-ring (bicyclic) bond motifs is 1. The Labute approximate surface area is 109 Å². The topological polar surface area (TPSA) is 46.1 Å². The number of anilines is 1. The van der Waals surface area contributed by atoms with Gasteiger partial charge in [0.2, 0.25) is 5.95 Å². The molecule has 3 rings (SSSR count). The van der Waals surface area contributed by atoms with Crippen LogP contribution in [0.2, 0.25) is 0 Å². The van der Waals surface area contributed by atoms with Gasteiger partial charge < -0.3 is 4.90 Å². The monoisotopic (exact) mass is 259 g/mol. The van der Waals surface area contributed by atoms with E-state index < -0.39 is 0 Å². The number of hydrogen-bond donors (Lipinski definition) is 0. The Balaban J connectivity index is 1.91. The summed E-state index contributed by atoms with van der Waals surface area (Å²) in [6.45, 7) is 3.09. The summed E-state index contributed by atoms with van der Waals surface area (Å²) < 4.78 is 0. The molecule has 0 aliphatic carbocycles. The minimum absolute atomic E-state index is 0.294. The van der Waals surface area contributed by atoms with Crippen LogP contribution in [-0.4, -0.2) is 22.8 Å². The Bertz CT molecular complexity index is 564. The highest BCUT2D eigenvalue weighted by molar-refractivity contribution is 7.10. The van der Waals surface area contributed by atoms with Gasteiger partial charge in [-0.05, 0) is 30.4 Å². The molecule has 3 heterocycles. The van der Waals surface area contributed by atoms with Gasteiger partial charge in [-0.1, -0.05) is 0 Å². The number of aldehydes is 1. The van der Waals surface area contributed by atoms with Crippen LogP contribution in [0.25, 0.3) is 0 Å². The largest absolute Gasteiger partial charge is 0.334 e. The fraction of sp³-hybridized carbons (Fsp3) is 0.308. The van der Waals surface area contributed by atoms with Crippen molar-refractivity contribution in [1.29, 1.82) is 0 Å². The van der Waals surface area contributed by atoms with Crippen molar-refractivity contribution in [2.24, 2.45) is 0 Å². The zero-order valence-electron chi connectivity index (χ0n) is 10.0. The summed E-state index contributed by atoms with van der Waals surface area (Å²) in [7, 11) is 0. The molecule has 5 heteroatoms. The van der Waals surface area contributed by atoms with E-state index in [4.69, 9.17) is 0 Å². The number of aromatic nitrogens is 2. The number of nitrogens with zero attached hydrogens (tertiary/aromatic N) is 3. The molecule has 1 aliphatic heterocycles. The molecule has 0 saturated carbocycles. The van der Waals surface area contributed by atoms with E-state index >= 15 is 0 Å². The summed E-state index contributed by atoms with van der Waals surface area (Å²) in [6.07, 6.45) is 4.95. The van der Waals surface area contributed by atoms with Gasteiger partial charge in [-0.15, -0.1) is 11.3 Å². The third kappa shape index (κ3) is 1.80. The van der Waals surface area contributed by atoms with E-state index in [2.05, 4.69) is 33.2 Å². The Morgan fingerprint density at radius 1 is 1.44 bits per heavy atom. The first-order valence-corrected chi connectivity index (χ1v) is 6.77. The van der Waals surface area contributed by atoms with Crippen LogP contribution in [0.5, 0.6) is 0 Å². The molecular weight excluding hydrogens is 246 g/mol. The van der Waals surface area contributed by atoms with Crippen LogP contribution in [0.4, 0.5) is 5.95 Å². The highest BCUT2D eigenvalue weighted by atomic mass is 32.1. The standard InChI is InChI=1S/C13H13N3OS/c1-9-11-3-5-18-12(11)2-4-16(9)13-14-6-10(8-17)7-15-13/h3,5-9H,2,4H2,1H3. The van der Waals surface area contributed by atoms with E-state index in [-0.39, 0.29) is 0 Å². The summed E-state index contributed by atoms with van der Waals surface area (Å²) in [5.74, 6) is 0.699. The quantitative estimate of drug-likeness (QED) is 0.777. The van der Waals surface area contributed by atoms with E-state index in [0.717, 1.165) is 19.3 Å². The molecule has 0 saturated heterocycles. The van der Waals surface area contributed by atoms with Gasteiger partial charge in [-0.3, -0.25) is 4.79 Å². The molecule has 0 spiro atoms. The van der Waals surface area contributed by atoms with Crippen molar-refractivity contribution >= 4 is 23.6 Å². The van der Waals surface area contributed by atoms with Crippen LogP contribution < -0.4 is 4.90 Å². The van der Waals surface area contributed by atoms with Gasteiger partial charge in [0.1, 0.15) is 0 Å². The summed E-state index contributed by atoms with van der Waals surface area (Å²) in [5, 5.41) is 2.14. The normalized spacial score (nSPS) is 18.5. The Morgan fingerprint density at radius 2 is 2.22 bits per heavy atom. The van der Waals surface area contributed by atoms with Crippen molar-refractivity contribution in [1.82, 2.24) is 9.97 Å². The maximum Gasteiger partial charge on any atom is 0.225 e. The minimum Gasteiger partial charge on any atom is -0.334 e. The average Bonchev–Trinajstić information content (AvgIpc) is 2.89. The third-order valence-corrected chi connectivity index (χ3v) is 4.32. The molecule has 92 valence electrons. The predicted molar refractivity (Wildman–Crippen MR) is 71.2 cm³/mol. The zero-order chi connectivity index (χ0) is 12.5. The van der Waals surface area contributed by atoms with Crippen LogP contribution in [0, 0.1) is 0 Å². The van der Waals surface area contributed by atoms with Crippen molar-refractivity contribution in [3.8, 4) is 0 Å². The molecule has 2 aromatic rings. The van der Waals surface area contributed by atoms with E-state index in [9.17, 15) is 4.79 Å². The highest BCUT2D eigenvalue weighted by Crippen LogP contribution is 2.34. The molecular formula is C13H13N3OS. The average molecular weight is 259 g/mol. The van der Waals surface area contributed by atoms with E-state index in [0.29, 0.717) is 17.6 Å². The summed E-state index contributed by atoms with van der Waals surface area (Å²) in [4.78, 5) is 22.8. The fourth-order valence-electron chi connectivity index (χ4n) is 2.32. The maximum atomic E-state index is 10.6. The van der Waals surface area contributed by atoms with Gasteiger partial charge >= 0.3 is 0 Å². The number of hydrogen-bond acceptors (Lipinski definition) is 5. The van der Waals surface area contributed by atoms with E-state index in [1.807, 2.05) is 11.3 Å². The second kappa shape index (κ2) is 4.49. The van der Waals surface area contributed by atoms with Gasteiger partial charge in [0.15, 0.2) is 6.29 Å². The molecule has 18 heavy (non-hydrogen) atoms. The van der Waals surface area contributed by atoms with Crippen LogP contribution in [-0.2, 0) is 6.42 Å². The molecule has 0 aromatic carbocycles. The Kier molecular flexibility index (Phi) is 2.83. The lowest BCUT2D eigenvalue weighted by Gasteiger charge is -2.33. The van der Waals surface area contributed by atoms with E-state index in [1.54, 1.807) is 12.4 Å². The third-order valence-electron chi connectivity index (χ3n) is 3.33. The van der Waals surface area contributed by atoms with Gasteiger partial charge in [-0.25, -0.2) is 9.97 Å². The molecule has 0 amide bonds. The van der Waals surface area contributed by atoms with Gasteiger partial charge in [0.25, 0.3) is 0 Å². The SMILES string of the molecule is CC1c2ccsc2CCN1c1ncc(C=O)cn1. The number of carbonyl (C=O) groups is 1. The minimum atomic E-state index is 0.294. The van der Waals surface area contributed by atoms with Crippen molar-refractivity contribution in [3.63, 3.8) is 0 Å². The summed E-state index contributed by atoms with van der Waals surface area (Å²) >= 11 is 1.82. The lowest BCUT2D eigenvalue weighted by molar-refractivity contribution is 0.112. The summed E-state index contributed by atoms with van der Waals surface area (Å²) in [5.41, 5.74) is 1.88. The van der Waals surface area contributed by atoms with Crippen molar-refractivity contribution in [2.75, 3.05) is 11.4 Å².